The Labute approximate surface area is 229 Å². The molecule has 0 amide bonds. The van der Waals surface area contributed by atoms with Crippen molar-refractivity contribution in [1.29, 1.82) is 0 Å². The van der Waals surface area contributed by atoms with E-state index in [1.165, 1.54) is 0 Å². The van der Waals surface area contributed by atoms with Crippen molar-refractivity contribution in [1.82, 2.24) is 19.9 Å². The zero-order valence-electron chi connectivity index (χ0n) is 23.3. The number of aliphatic hydroxyl groups is 1. The summed E-state index contributed by atoms with van der Waals surface area (Å²) in [6, 6.07) is 2.28. The Hall–Kier alpha value is -1.97. The third kappa shape index (κ3) is 6.55. The van der Waals surface area contributed by atoms with Crippen molar-refractivity contribution in [3.63, 3.8) is 0 Å². The summed E-state index contributed by atoms with van der Waals surface area (Å²) >= 11 is 3.58. The van der Waals surface area contributed by atoms with Crippen LogP contribution >= 0.6 is 23.1 Å². The summed E-state index contributed by atoms with van der Waals surface area (Å²) < 4.78 is 1.35. The molecule has 3 aromatic rings. The SMILES string of the molecule is CCC(O)(CC)[C@@H]1CC[C@H](Nc2nc(NCCSC(C)(C)C)nc(C)c2-c2nc3c(C)nccc3s2)C1. The Morgan fingerprint density at radius 2 is 1.84 bits per heavy atom. The highest BCUT2D eigenvalue weighted by molar-refractivity contribution is 8.00. The van der Waals surface area contributed by atoms with Crippen molar-refractivity contribution in [2.45, 2.75) is 97.0 Å². The zero-order valence-corrected chi connectivity index (χ0v) is 24.9. The van der Waals surface area contributed by atoms with E-state index in [0.717, 1.165) is 82.4 Å². The number of thioether (sulfide) groups is 1. The van der Waals surface area contributed by atoms with Gasteiger partial charge in [0.25, 0.3) is 0 Å². The lowest BCUT2D eigenvalue weighted by Gasteiger charge is -2.32. The van der Waals surface area contributed by atoms with Gasteiger partial charge in [0.2, 0.25) is 5.95 Å². The Morgan fingerprint density at radius 1 is 1.08 bits per heavy atom. The highest BCUT2D eigenvalue weighted by atomic mass is 32.2. The summed E-state index contributed by atoms with van der Waals surface area (Å²) in [5, 5.41) is 19.2. The second-order valence-electron chi connectivity index (χ2n) is 11.2. The molecule has 3 heterocycles. The smallest absolute Gasteiger partial charge is 0.224 e. The lowest BCUT2D eigenvalue weighted by molar-refractivity contribution is -0.0236. The predicted octanol–water partition coefficient (Wildman–Crippen LogP) is 6.84. The van der Waals surface area contributed by atoms with Crippen LogP contribution < -0.4 is 10.6 Å². The number of rotatable bonds is 10. The number of thiazole rings is 1. The van der Waals surface area contributed by atoms with E-state index in [9.17, 15) is 5.11 Å². The van der Waals surface area contributed by atoms with Gasteiger partial charge in [0.05, 0.1) is 27.3 Å². The van der Waals surface area contributed by atoms with Crippen LogP contribution in [0.3, 0.4) is 0 Å². The molecule has 202 valence electrons. The molecule has 0 unspecified atom stereocenters. The summed E-state index contributed by atoms with van der Waals surface area (Å²) in [6.07, 6.45) is 6.40. The van der Waals surface area contributed by atoms with Crippen LogP contribution in [-0.2, 0) is 0 Å². The van der Waals surface area contributed by atoms with E-state index in [0.29, 0.717) is 11.9 Å². The summed E-state index contributed by atoms with van der Waals surface area (Å²) in [5.74, 6) is 2.75. The molecule has 0 spiro atoms. The molecule has 7 nitrogen and oxygen atoms in total. The van der Waals surface area contributed by atoms with Crippen LogP contribution in [0, 0.1) is 19.8 Å². The molecule has 0 aliphatic heterocycles. The van der Waals surface area contributed by atoms with Crippen LogP contribution in [0.4, 0.5) is 11.8 Å². The van der Waals surface area contributed by atoms with E-state index in [-0.39, 0.29) is 10.8 Å². The van der Waals surface area contributed by atoms with Gasteiger partial charge in [-0.3, -0.25) is 4.98 Å². The quantitative estimate of drug-likeness (QED) is 0.240. The maximum Gasteiger partial charge on any atom is 0.224 e. The summed E-state index contributed by atoms with van der Waals surface area (Å²) in [7, 11) is 0. The molecule has 0 saturated heterocycles. The molecule has 37 heavy (non-hydrogen) atoms. The summed E-state index contributed by atoms with van der Waals surface area (Å²) in [6.45, 7) is 15.7. The Bertz CT molecular complexity index is 1220. The lowest BCUT2D eigenvalue weighted by atomic mass is 9.81. The Kier molecular flexibility index (Phi) is 8.65. The molecular formula is C28H42N6OS2. The number of anilines is 2. The molecule has 1 aliphatic carbocycles. The van der Waals surface area contributed by atoms with E-state index < -0.39 is 5.60 Å². The average Bonchev–Trinajstić information content (AvgIpc) is 3.49. The van der Waals surface area contributed by atoms with Crippen LogP contribution in [0.1, 0.15) is 78.1 Å². The molecule has 0 aromatic carbocycles. The van der Waals surface area contributed by atoms with Crippen molar-refractivity contribution in [3.05, 3.63) is 23.7 Å². The number of hydrogen-bond acceptors (Lipinski definition) is 9. The van der Waals surface area contributed by atoms with E-state index in [2.05, 4.69) is 50.2 Å². The predicted molar refractivity (Wildman–Crippen MR) is 159 cm³/mol. The maximum atomic E-state index is 11.1. The number of hydrogen-bond donors (Lipinski definition) is 3. The Balaban J connectivity index is 1.63. The third-order valence-electron chi connectivity index (χ3n) is 7.47. The highest BCUT2D eigenvalue weighted by Crippen LogP contribution is 2.41. The van der Waals surface area contributed by atoms with Crippen molar-refractivity contribution < 1.29 is 5.11 Å². The lowest BCUT2D eigenvalue weighted by Crippen LogP contribution is -2.36. The topological polar surface area (TPSA) is 95.8 Å². The van der Waals surface area contributed by atoms with E-state index in [1.54, 1.807) is 11.3 Å². The second kappa shape index (κ2) is 11.4. The van der Waals surface area contributed by atoms with Crippen molar-refractivity contribution >= 4 is 45.1 Å². The van der Waals surface area contributed by atoms with Gasteiger partial charge in [-0.2, -0.15) is 16.7 Å². The summed E-state index contributed by atoms with van der Waals surface area (Å²) in [4.78, 5) is 19.2. The standard InChI is InChI=1S/C28H42N6OS2/c1-8-28(35,9-2)19-10-11-20(16-19)32-24-22(25-33-23-18(4)29-13-12-21(23)37-25)17(3)31-26(34-24)30-14-15-36-27(5,6)7/h12-13,19-20,35H,8-11,14-16H2,1-7H3,(H2,30,31,32,34)/t19-,20+/m1/s1. The van der Waals surface area contributed by atoms with Gasteiger partial charge < -0.3 is 15.7 Å². The van der Waals surface area contributed by atoms with Crippen LogP contribution in [0.15, 0.2) is 12.3 Å². The number of fused-ring (bicyclic) bond motifs is 1. The number of nitrogens with one attached hydrogen (secondary N) is 2. The molecule has 9 heteroatoms. The van der Waals surface area contributed by atoms with Gasteiger partial charge in [-0.05, 0) is 57.9 Å². The number of aryl methyl sites for hydroxylation is 2. The molecule has 3 N–H and O–H groups in total. The molecule has 1 fully saturated rings. The van der Waals surface area contributed by atoms with Crippen LogP contribution in [0.5, 0.6) is 0 Å². The van der Waals surface area contributed by atoms with Gasteiger partial charge in [0.1, 0.15) is 16.3 Å². The van der Waals surface area contributed by atoms with E-state index in [1.807, 2.05) is 37.9 Å². The fourth-order valence-electron chi connectivity index (χ4n) is 5.24. The fraction of sp³-hybridized carbons (Fsp3) is 0.643. The molecule has 0 bridgehead atoms. The largest absolute Gasteiger partial charge is 0.390 e. The van der Waals surface area contributed by atoms with Crippen LogP contribution in [0.25, 0.3) is 20.8 Å². The van der Waals surface area contributed by atoms with E-state index >= 15 is 0 Å². The van der Waals surface area contributed by atoms with Gasteiger partial charge >= 0.3 is 0 Å². The molecule has 3 aromatic heterocycles. The molecule has 1 saturated carbocycles. The van der Waals surface area contributed by atoms with Crippen molar-refractivity contribution in [3.8, 4) is 10.6 Å². The Morgan fingerprint density at radius 3 is 2.51 bits per heavy atom. The minimum atomic E-state index is -0.587. The molecule has 4 rings (SSSR count). The average molecular weight is 543 g/mol. The maximum absolute atomic E-state index is 11.1. The van der Waals surface area contributed by atoms with Gasteiger partial charge in [-0.25, -0.2) is 9.97 Å². The zero-order chi connectivity index (χ0) is 26.8. The first-order chi connectivity index (χ1) is 17.5. The summed E-state index contributed by atoms with van der Waals surface area (Å²) in [5.41, 5.74) is 3.14. The number of nitrogens with zero attached hydrogens (tertiary/aromatic N) is 4. The van der Waals surface area contributed by atoms with Crippen molar-refractivity contribution in [2.75, 3.05) is 22.9 Å². The van der Waals surface area contributed by atoms with Gasteiger partial charge in [0, 0.05) is 29.3 Å². The normalized spacial score (nSPS) is 18.5. The van der Waals surface area contributed by atoms with Crippen molar-refractivity contribution in [2.24, 2.45) is 5.92 Å². The highest BCUT2D eigenvalue weighted by Gasteiger charge is 2.39. The molecule has 1 aliphatic rings. The van der Waals surface area contributed by atoms with Crippen LogP contribution in [0.2, 0.25) is 0 Å². The van der Waals surface area contributed by atoms with Crippen LogP contribution in [-0.4, -0.2) is 53.7 Å². The van der Waals surface area contributed by atoms with Gasteiger partial charge in [0.15, 0.2) is 0 Å². The first-order valence-corrected chi connectivity index (χ1v) is 15.3. The number of aromatic nitrogens is 4. The minimum Gasteiger partial charge on any atom is -0.390 e. The third-order valence-corrected chi connectivity index (χ3v) is 9.78. The van der Waals surface area contributed by atoms with Gasteiger partial charge in [-0.1, -0.05) is 34.6 Å². The molecular weight excluding hydrogens is 500 g/mol. The second-order valence-corrected chi connectivity index (χ2v) is 14.1. The first-order valence-electron chi connectivity index (χ1n) is 13.5. The van der Waals surface area contributed by atoms with Gasteiger partial charge in [-0.15, -0.1) is 11.3 Å². The molecule has 0 radical (unpaired) electrons. The molecule has 2 atom stereocenters. The number of pyridine rings is 1. The first kappa shape index (κ1) is 28.0. The van der Waals surface area contributed by atoms with E-state index in [4.69, 9.17) is 15.0 Å². The fourth-order valence-corrected chi connectivity index (χ4v) is 7.17. The minimum absolute atomic E-state index is 0.229. The monoisotopic (exact) mass is 542 g/mol.